The van der Waals surface area contributed by atoms with Crippen LogP contribution < -0.4 is 14.8 Å². The number of imidazole rings is 1. The van der Waals surface area contributed by atoms with E-state index in [1.54, 1.807) is 7.11 Å². The molecule has 1 fully saturated rings. The first-order chi connectivity index (χ1) is 17.7. The Morgan fingerprint density at radius 3 is 2.75 bits per heavy atom. The van der Waals surface area contributed by atoms with Crippen molar-refractivity contribution in [3.05, 3.63) is 59.9 Å². The number of carbonyl (C=O) groups excluding carboxylic acids is 1. The number of hydrogen-bond acceptors (Lipinski definition) is 4. The fourth-order valence-corrected chi connectivity index (χ4v) is 5.04. The third kappa shape index (κ3) is 6.68. The van der Waals surface area contributed by atoms with E-state index in [9.17, 15) is 4.79 Å². The first-order valence-electron chi connectivity index (χ1n) is 13.3. The van der Waals surface area contributed by atoms with E-state index in [0.717, 1.165) is 72.6 Å². The number of amides is 1. The van der Waals surface area contributed by atoms with E-state index in [4.69, 9.17) is 14.5 Å². The summed E-state index contributed by atoms with van der Waals surface area (Å²) < 4.78 is 13.9. The number of fused-ring (bicyclic) bond motifs is 1. The zero-order valence-electron chi connectivity index (χ0n) is 21.7. The Hall–Kier alpha value is -3.28. The van der Waals surface area contributed by atoms with Gasteiger partial charge in [-0.15, -0.1) is 0 Å². The van der Waals surface area contributed by atoms with Crippen molar-refractivity contribution >= 4 is 23.0 Å². The van der Waals surface area contributed by atoms with Gasteiger partial charge in [-0.2, -0.15) is 0 Å². The quantitative estimate of drug-likeness (QED) is 0.309. The first kappa shape index (κ1) is 25.8. The summed E-state index contributed by atoms with van der Waals surface area (Å²) in [6.07, 6.45) is 12.3. The summed E-state index contributed by atoms with van der Waals surface area (Å²) in [6.45, 7) is 4.11. The maximum absolute atomic E-state index is 12.4. The molecule has 1 amide bonds. The van der Waals surface area contributed by atoms with E-state index >= 15 is 0 Å². The van der Waals surface area contributed by atoms with Crippen LogP contribution in [0.3, 0.4) is 0 Å². The third-order valence-corrected chi connectivity index (χ3v) is 6.92. The van der Waals surface area contributed by atoms with Crippen molar-refractivity contribution in [1.82, 2.24) is 14.9 Å². The smallest absolute Gasteiger partial charge is 0.223 e. The molecule has 3 aromatic rings. The zero-order chi connectivity index (χ0) is 25.2. The molecule has 0 spiro atoms. The Morgan fingerprint density at radius 2 is 1.94 bits per heavy atom. The fourth-order valence-electron chi connectivity index (χ4n) is 5.04. The molecule has 1 N–H and O–H groups in total. The van der Waals surface area contributed by atoms with Crippen LogP contribution >= 0.6 is 0 Å². The highest BCUT2D eigenvalue weighted by molar-refractivity contribution is 5.78. The monoisotopic (exact) mass is 489 g/mol. The van der Waals surface area contributed by atoms with Crippen molar-refractivity contribution < 1.29 is 14.3 Å². The number of benzene rings is 2. The molecule has 0 saturated heterocycles. The van der Waals surface area contributed by atoms with Gasteiger partial charge in [0.15, 0.2) is 11.5 Å². The van der Waals surface area contributed by atoms with Crippen LogP contribution in [0.1, 0.15) is 63.3 Å². The number of rotatable bonds is 12. The van der Waals surface area contributed by atoms with Crippen molar-refractivity contribution in [2.24, 2.45) is 5.92 Å². The highest BCUT2D eigenvalue weighted by Gasteiger charge is 2.20. The number of ether oxygens (including phenoxy) is 2. The van der Waals surface area contributed by atoms with Crippen molar-refractivity contribution in [2.45, 2.75) is 64.8 Å². The van der Waals surface area contributed by atoms with E-state index in [0.29, 0.717) is 13.2 Å². The zero-order valence-corrected chi connectivity index (χ0v) is 21.7. The predicted octanol–water partition coefficient (Wildman–Crippen LogP) is 6.18. The normalized spacial score (nSPS) is 14.4. The first-order valence-corrected chi connectivity index (χ1v) is 13.3. The van der Waals surface area contributed by atoms with E-state index in [-0.39, 0.29) is 11.8 Å². The summed E-state index contributed by atoms with van der Waals surface area (Å²) in [4.78, 5) is 17.3. The largest absolute Gasteiger partial charge is 0.493 e. The summed E-state index contributed by atoms with van der Waals surface area (Å²) in [5.74, 6) is 3.01. The molecule has 0 radical (unpaired) electrons. The number of para-hydroxylation sites is 2. The molecular formula is C30H39N3O3. The second kappa shape index (κ2) is 13.1. The van der Waals surface area contributed by atoms with Crippen LogP contribution in [-0.4, -0.2) is 35.7 Å². The molecule has 0 unspecified atom stereocenters. The summed E-state index contributed by atoms with van der Waals surface area (Å²) in [5, 5.41) is 3.16. The molecule has 6 nitrogen and oxygen atoms in total. The van der Waals surface area contributed by atoms with Gasteiger partial charge in [-0.05, 0) is 62.4 Å². The minimum absolute atomic E-state index is 0.210. The topological polar surface area (TPSA) is 65.4 Å². The van der Waals surface area contributed by atoms with Gasteiger partial charge in [0, 0.05) is 25.4 Å². The second-order valence-corrected chi connectivity index (χ2v) is 9.51. The lowest BCUT2D eigenvalue weighted by atomic mass is 9.89. The van der Waals surface area contributed by atoms with E-state index < -0.39 is 0 Å². The van der Waals surface area contributed by atoms with Gasteiger partial charge in [0.1, 0.15) is 5.82 Å². The Kier molecular flexibility index (Phi) is 9.42. The summed E-state index contributed by atoms with van der Waals surface area (Å²) in [6, 6.07) is 14.3. The maximum Gasteiger partial charge on any atom is 0.223 e. The third-order valence-electron chi connectivity index (χ3n) is 6.92. The van der Waals surface area contributed by atoms with Gasteiger partial charge in [0.25, 0.3) is 0 Å². The fraction of sp³-hybridized carbons (Fsp3) is 0.467. The van der Waals surface area contributed by atoms with Crippen molar-refractivity contribution in [3.63, 3.8) is 0 Å². The minimum Gasteiger partial charge on any atom is -0.493 e. The van der Waals surface area contributed by atoms with Crippen molar-refractivity contribution in [1.29, 1.82) is 0 Å². The Morgan fingerprint density at radius 1 is 1.11 bits per heavy atom. The van der Waals surface area contributed by atoms with Gasteiger partial charge in [0.05, 0.1) is 24.8 Å². The lowest BCUT2D eigenvalue weighted by Gasteiger charge is -2.20. The molecule has 1 aromatic heterocycles. The lowest BCUT2D eigenvalue weighted by molar-refractivity contribution is -0.125. The van der Waals surface area contributed by atoms with Gasteiger partial charge >= 0.3 is 0 Å². The summed E-state index contributed by atoms with van der Waals surface area (Å²) >= 11 is 0. The second-order valence-electron chi connectivity index (χ2n) is 9.51. The molecule has 0 bridgehead atoms. The van der Waals surface area contributed by atoms with Gasteiger partial charge in [-0.25, -0.2) is 4.98 Å². The Labute approximate surface area is 214 Å². The summed E-state index contributed by atoms with van der Waals surface area (Å²) in [7, 11) is 1.67. The average molecular weight is 490 g/mol. The number of carbonyl (C=O) groups is 1. The van der Waals surface area contributed by atoms with Crippen molar-refractivity contribution in [2.75, 3.05) is 20.3 Å². The number of aromatic nitrogens is 2. The standard InChI is InChI=1S/C30H39N3O3/c1-3-11-23-17-18-27(28(22-23)35-2)36-21-10-20-33-26-15-8-7-14-25(26)32-29(33)16-9-19-31-30(34)24-12-5-4-6-13-24/h3,7-8,11,14-15,17-18,22,24H,4-6,9-10,12-13,16,19-21H2,1-2H3,(H,31,34)/b11-3+. The number of aryl methyl sites for hydroxylation is 2. The van der Waals surface area contributed by atoms with E-state index in [2.05, 4.69) is 28.1 Å². The number of methoxy groups -OCH3 is 1. The maximum atomic E-state index is 12.4. The molecule has 4 rings (SSSR count). The highest BCUT2D eigenvalue weighted by Crippen LogP contribution is 2.29. The van der Waals surface area contributed by atoms with Gasteiger partial charge in [-0.3, -0.25) is 4.79 Å². The van der Waals surface area contributed by atoms with E-state index in [1.807, 2.05) is 43.3 Å². The van der Waals surface area contributed by atoms with Gasteiger partial charge < -0.3 is 19.4 Å². The lowest BCUT2D eigenvalue weighted by Crippen LogP contribution is -2.32. The summed E-state index contributed by atoms with van der Waals surface area (Å²) in [5.41, 5.74) is 3.25. The Bertz CT molecular complexity index is 1160. The number of allylic oxidation sites excluding steroid dienone is 1. The molecular weight excluding hydrogens is 450 g/mol. The van der Waals surface area contributed by atoms with Crippen molar-refractivity contribution in [3.8, 4) is 11.5 Å². The molecule has 1 saturated carbocycles. The van der Waals surface area contributed by atoms with Gasteiger partial charge in [-0.1, -0.05) is 49.6 Å². The van der Waals surface area contributed by atoms with Crippen LogP contribution in [0.2, 0.25) is 0 Å². The molecule has 0 atom stereocenters. The number of nitrogens with zero attached hydrogens (tertiary/aromatic N) is 2. The number of hydrogen-bond donors (Lipinski definition) is 1. The highest BCUT2D eigenvalue weighted by atomic mass is 16.5. The van der Waals surface area contributed by atoms with Crippen LogP contribution in [0, 0.1) is 5.92 Å². The molecule has 6 heteroatoms. The Balaban J connectivity index is 1.32. The molecule has 192 valence electrons. The SMILES string of the molecule is C/C=C/c1ccc(OCCCn2c(CCCNC(=O)C3CCCCC3)nc3ccccc32)c(OC)c1. The molecule has 1 aliphatic rings. The molecule has 1 heterocycles. The van der Waals surface area contributed by atoms with Crippen LogP contribution in [0.4, 0.5) is 0 Å². The molecule has 36 heavy (non-hydrogen) atoms. The molecule has 2 aromatic carbocycles. The van der Waals surface area contributed by atoms with E-state index in [1.165, 1.54) is 19.3 Å². The number of nitrogens with one attached hydrogen (secondary N) is 1. The van der Waals surface area contributed by atoms with Gasteiger partial charge in [0.2, 0.25) is 5.91 Å². The van der Waals surface area contributed by atoms with Crippen LogP contribution in [0.5, 0.6) is 11.5 Å². The molecule has 1 aliphatic carbocycles. The van der Waals surface area contributed by atoms with Crippen LogP contribution in [0.15, 0.2) is 48.5 Å². The average Bonchev–Trinajstić information content (AvgIpc) is 3.27. The van der Waals surface area contributed by atoms with Crippen LogP contribution in [0.25, 0.3) is 17.1 Å². The van der Waals surface area contributed by atoms with Crippen LogP contribution in [-0.2, 0) is 17.8 Å². The molecule has 0 aliphatic heterocycles. The minimum atomic E-state index is 0.210. The predicted molar refractivity (Wildman–Crippen MR) is 145 cm³/mol.